The summed E-state index contributed by atoms with van der Waals surface area (Å²) in [4.78, 5) is 10.8. The highest BCUT2D eigenvalue weighted by Gasteiger charge is 2.05. The highest BCUT2D eigenvalue weighted by atomic mass is 35.5. The standard InChI is InChI=1S/C10H11ClO3/c1-7-3-4-9(8(11)5-7)14-6-10(12)13-2/h3-5H,6H2,1-2H3. The van der Waals surface area contributed by atoms with Crippen LogP contribution in [0.15, 0.2) is 18.2 Å². The molecule has 14 heavy (non-hydrogen) atoms. The van der Waals surface area contributed by atoms with E-state index in [9.17, 15) is 4.79 Å². The van der Waals surface area contributed by atoms with E-state index in [-0.39, 0.29) is 6.61 Å². The molecular weight excluding hydrogens is 204 g/mol. The molecule has 0 aliphatic heterocycles. The Kier molecular flexibility index (Phi) is 3.77. The predicted octanol–water partition coefficient (Wildman–Crippen LogP) is 2.20. The van der Waals surface area contributed by atoms with Crippen LogP contribution in [-0.2, 0) is 9.53 Å². The molecule has 0 saturated heterocycles. The van der Waals surface area contributed by atoms with Crippen LogP contribution in [0.4, 0.5) is 0 Å². The summed E-state index contributed by atoms with van der Waals surface area (Å²) in [5.74, 6) is 0.0595. The van der Waals surface area contributed by atoms with Crippen LogP contribution in [-0.4, -0.2) is 19.7 Å². The van der Waals surface area contributed by atoms with E-state index in [4.69, 9.17) is 16.3 Å². The van der Waals surface area contributed by atoms with E-state index < -0.39 is 5.97 Å². The normalized spacial score (nSPS) is 9.64. The Bertz CT molecular complexity index is 336. The van der Waals surface area contributed by atoms with Crippen molar-refractivity contribution < 1.29 is 14.3 Å². The van der Waals surface area contributed by atoms with E-state index in [1.54, 1.807) is 12.1 Å². The second-order valence-corrected chi connectivity index (χ2v) is 3.21. The molecule has 1 rings (SSSR count). The van der Waals surface area contributed by atoms with Gasteiger partial charge < -0.3 is 9.47 Å². The van der Waals surface area contributed by atoms with Crippen molar-refractivity contribution in [2.75, 3.05) is 13.7 Å². The summed E-state index contributed by atoms with van der Waals surface area (Å²) in [6, 6.07) is 5.35. The largest absolute Gasteiger partial charge is 0.480 e. The number of carbonyl (C=O) groups excluding carboxylic acids is 1. The van der Waals surface area contributed by atoms with E-state index in [2.05, 4.69) is 4.74 Å². The molecule has 0 radical (unpaired) electrons. The van der Waals surface area contributed by atoms with Gasteiger partial charge in [0, 0.05) is 0 Å². The van der Waals surface area contributed by atoms with Crippen molar-refractivity contribution in [1.82, 2.24) is 0 Å². The minimum absolute atomic E-state index is 0.126. The Morgan fingerprint density at radius 2 is 2.21 bits per heavy atom. The summed E-state index contributed by atoms with van der Waals surface area (Å²) < 4.78 is 9.57. The number of esters is 1. The first-order valence-corrected chi connectivity index (χ1v) is 4.47. The van der Waals surface area contributed by atoms with E-state index in [0.717, 1.165) is 5.56 Å². The molecule has 76 valence electrons. The molecule has 0 saturated carbocycles. The number of benzene rings is 1. The van der Waals surface area contributed by atoms with Gasteiger partial charge in [-0.15, -0.1) is 0 Å². The highest BCUT2D eigenvalue weighted by molar-refractivity contribution is 6.32. The maximum Gasteiger partial charge on any atom is 0.343 e. The van der Waals surface area contributed by atoms with Crippen molar-refractivity contribution >= 4 is 17.6 Å². The van der Waals surface area contributed by atoms with Crippen LogP contribution in [0.1, 0.15) is 5.56 Å². The van der Waals surface area contributed by atoms with Crippen LogP contribution in [0, 0.1) is 6.92 Å². The van der Waals surface area contributed by atoms with Crippen molar-refractivity contribution in [3.8, 4) is 5.75 Å². The van der Waals surface area contributed by atoms with E-state index >= 15 is 0 Å². The van der Waals surface area contributed by atoms with E-state index in [0.29, 0.717) is 10.8 Å². The zero-order valence-corrected chi connectivity index (χ0v) is 8.80. The number of aryl methyl sites for hydroxylation is 1. The number of methoxy groups -OCH3 is 1. The second kappa shape index (κ2) is 4.86. The van der Waals surface area contributed by atoms with Crippen LogP contribution in [0.3, 0.4) is 0 Å². The number of rotatable bonds is 3. The van der Waals surface area contributed by atoms with Gasteiger partial charge in [0.05, 0.1) is 12.1 Å². The number of hydrogen-bond acceptors (Lipinski definition) is 3. The molecule has 4 heteroatoms. The zero-order chi connectivity index (χ0) is 10.6. The molecule has 0 fully saturated rings. The van der Waals surface area contributed by atoms with Crippen LogP contribution in [0.5, 0.6) is 5.75 Å². The van der Waals surface area contributed by atoms with Crippen molar-refractivity contribution in [3.05, 3.63) is 28.8 Å². The van der Waals surface area contributed by atoms with Gasteiger partial charge in [-0.25, -0.2) is 4.79 Å². The fourth-order valence-corrected chi connectivity index (χ4v) is 1.21. The van der Waals surface area contributed by atoms with Gasteiger partial charge in [-0.1, -0.05) is 17.7 Å². The molecule has 0 amide bonds. The quantitative estimate of drug-likeness (QED) is 0.724. The third kappa shape index (κ3) is 2.92. The van der Waals surface area contributed by atoms with Gasteiger partial charge >= 0.3 is 5.97 Å². The predicted molar refractivity (Wildman–Crippen MR) is 53.7 cm³/mol. The molecule has 0 unspecified atom stereocenters. The monoisotopic (exact) mass is 214 g/mol. The maximum atomic E-state index is 10.8. The smallest absolute Gasteiger partial charge is 0.343 e. The van der Waals surface area contributed by atoms with Gasteiger partial charge in [0.15, 0.2) is 6.61 Å². The third-order valence-electron chi connectivity index (χ3n) is 1.66. The molecule has 0 N–H and O–H groups in total. The first-order valence-electron chi connectivity index (χ1n) is 4.09. The van der Waals surface area contributed by atoms with Crippen molar-refractivity contribution in [3.63, 3.8) is 0 Å². The molecule has 0 spiro atoms. The summed E-state index contributed by atoms with van der Waals surface area (Å²) in [6.07, 6.45) is 0. The maximum absolute atomic E-state index is 10.8. The molecule has 0 aliphatic rings. The molecule has 0 aromatic heterocycles. The molecule has 0 bridgehead atoms. The molecule has 0 atom stereocenters. The Balaban J connectivity index is 2.63. The lowest BCUT2D eigenvalue weighted by molar-refractivity contribution is -0.142. The van der Waals surface area contributed by atoms with Crippen LogP contribution >= 0.6 is 11.6 Å². The van der Waals surface area contributed by atoms with Gasteiger partial charge in [0.25, 0.3) is 0 Å². The van der Waals surface area contributed by atoms with Crippen LogP contribution in [0.2, 0.25) is 5.02 Å². The lowest BCUT2D eigenvalue weighted by atomic mass is 10.2. The lowest BCUT2D eigenvalue weighted by Gasteiger charge is -2.06. The van der Waals surface area contributed by atoms with Gasteiger partial charge in [-0.3, -0.25) is 0 Å². The van der Waals surface area contributed by atoms with Crippen LogP contribution < -0.4 is 4.74 Å². The molecule has 1 aromatic carbocycles. The molecule has 0 aliphatic carbocycles. The minimum atomic E-state index is -0.429. The Morgan fingerprint density at radius 1 is 1.50 bits per heavy atom. The van der Waals surface area contributed by atoms with Gasteiger partial charge in [-0.05, 0) is 24.6 Å². The van der Waals surface area contributed by atoms with Crippen molar-refractivity contribution in [1.29, 1.82) is 0 Å². The van der Waals surface area contributed by atoms with Crippen molar-refractivity contribution in [2.24, 2.45) is 0 Å². The highest BCUT2D eigenvalue weighted by Crippen LogP contribution is 2.24. The molecule has 1 aromatic rings. The summed E-state index contributed by atoms with van der Waals surface area (Å²) >= 11 is 5.88. The summed E-state index contributed by atoms with van der Waals surface area (Å²) in [5.41, 5.74) is 1.04. The number of ether oxygens (including phenoxy) is 2. The fourth-order valence-electron chi connectivity index (χ4n) is 0.919. The number of carbonyl (C=O) groups is 1. The van der Waals surface area contributed by atoms with Gasteiger partial charge in [-0.2, -0.15) is 0 Å². The fraction of sp³-hybridized carbons (Fsp3) is 0.300. The Labute approximate surface area is 87.6 Å². The Morgan fingerprint density at radius 3 is 2.79 bits per heavy atom. The summed E-state index contributed by atoms with van der Waals surface area (Å²) in [5, 5.41) is 0.494. The third-order valence-corrected chi connectivity index (χ3v) is 1.96. The lowest BCUT2D eigenvalue weighted by Crippen LogP contribution is -2.12. The van der Waals surface area contributed by atoms with Gasteiger partial charge in [0.2, 0.25) is 0 Å². The van der Waals surface area contributed by atoms with Crippen LogP contribution in [0.25, 0.3) is 0 Å². The first-order chi connectivity index (χ1) is 6.63. The second-order valence-electron chi connectivity index (χ2n) is 2.80. The minimum Gasteiger partial charge on any atom is -0.480 e. The number of hydrogen-bond donors (Lipinski definition) is 0. The first kappa shape index (κ1) is 10.9. The summed E-state index contributed by atoms with van der Waals surface area (Å²) in [6.45, 7) is 1.80. The van der Waals surface area contributed by atoms with E-state index in [1.165, 1.54) is 7.11 Å². The zero-order valence-electron chi connectivity index (χ0n) is 8.04. The average Bonchev–Trinajstić information content (AvgIpc) is 2.16. The van der Waals surface area contributed by atoms with Crippen molar-refractivity contribution in [2.45, 2.75) is 6.92 Å². The summed E-state index contributed by atoms with van der Waals surface area (Å²) in [7, 11) is 1.31. The van der Waals surface area contributed by atoms with E-state index in [1.807, 2.05) is 13.0 Å². The molecular formula is C10H11ClO3. The average molecular weight is 215 g/mol. The van der Waals surface area contributed by atoms with Gasteiger partial charge in [0.1, 0.15) is 5.75 Å². The topological polar surface area (TPSA) is 35.5 Å². The Hall–Kier alpha value is -1.22. The molecule has 0 heterocycles. The number of halogens is 1. The molecule has 3 nitrogen and oxygen atoms in total. The SMILES string of the molecule is COC(=O)COc1ccc(C)cc1Cl.